The van der Waals surface area contributed by atoms with Crippen molar-refractivity contribution in [1.82, 2.24) is 5.43 Å². The number of hydrogen-bond acceptors (Lipinski definition) is 1. The van der Waals surface area contributed by atoms with E-state index in [1.165, 1.54) is 11.6 Å². The third-order valence-electron chi connectivity index (χ3n) is 2.11. The molecule has 0 aromatic carbocycles. The molecule has 2 nitrogen and oxygen atoms in total. The van der Waals surface area contributed by atoms with Gasteiger partial charge in [0.05, 0.1) is 5.71 Å². The number of rotatable bonds is 0. The van der Waals surface area contributed by atoms with E-state index >= 15 is 0 Å². The Labute approximate surface area is 87.9 Å². The summed E-state index contributed by atoms with van der Waals surface area (Å²) in [6.45, 7) is 6.46. The van der Waals surface area contributed by atoms with Crippen molar-refractivity contribution in [2.24, 2.45) is 0 Å². The van der Waals surface area contributed by atoms with E-state index < -0.39 is 0 Å². The first-order chi connectivity index (χ1) is 4.13. The van der Waals surface area contributed by atoms with Gasteiger partial charge in [0, 0.05) is 32.7 Å². The van der Waals surface area contributed by atoms with E-state index in [1.54, 1.807) is 0 Å². The third-order valence-corrected chi connectivity index (χ3v) is 2.11. The average Bonchev–Trinajstić information content (AvgIpc) is 1.98. The molecule has 1 N–H and O–H groups in total. The quantitative estimate of drug-likeness (QED) is 0.461. The minimum absolute atomic E-state index is 0. The molecule has 0 bridgehead atoms. The SMILES string of the molecule is CC1=[N+](C)NC(C)[C-]1C.[Y]. The smallest absolute Gasteiger partial charge is 0.158 e. The van der Waals surface area contributed by atoms with Crippen LogP contribution in [-0.4, -0.2) is 23.5 Å². The number of nitrogens with one attached hydrogen (secondary N) is 1. The van der Waals surface area contributed by atoms with Gasteiger partial charge in [-0.25, -0.2) is 5.43 Å². The van der Waals surface area contributed by atoms with Crippen molar-refractivity contribution in [2.45, 2.75) is 26.8 Å². The molecule has 1 aliphatic heterocycles. The van der Waals surface area contributed by atoms with Gasteiger partial charge in [-0.05, 0) is 13.0 Å². The Morgan fingerprint density at radius 1 is 1.60 bits per heavy atom. The average molecular weight is 215 g/mol. The minimum Gasteiger partial charge on any atom is -0.261 e. The van der Waals surface area contributed by atoms with Gasteiger partial charge in [-0.2, -0.15) is 11.6 Å². The van der Waals surface area contributed by atoms with Crippen LogP contribution >= 0.6 is 0 Å². The van der Waals surface area contributed by atoms with E-state index in [0.717, 1.165) is 0 Å². The fourth-order valence-corrected chi connectivity index (χ4v) is 1.06. The summed E-state index contributed by atoms with van der Waals surface area (Å²) in [5.41, 5.74) is 4.62. The fourth-order valence-electron chi connectivity index (χ4n) is 1.06. The first-order valence-electron chi connectivity index (χ1n) is 3.30. The molecule has 1 rings (SSSR count). The van der Waals surface area contributed by atoms with Crippen molar-refractivity contribution >= 4 is 5.71 Å². The summed E-state index contributed by atoms with van der Waals surface area (Å²) in [6, 6.07) is 0.523. The zero-order valence-electron chi connectivity index (χ0n) is 7.10. The van der Waals surface area contributed by atoms with Gasteiger partial charge in [0.15, 0.2) is 7.05 Å². The second-order valence-electron chi connectivity index (χ2n) is 2.68. The van der Waals surface area contributed by atoms with Crippen LogP contribution in [0.25, 0.3) is 0 Å². The van der Waals surface area contributed by atoms with Crippen LogP contribution in [0.5, 0.6) is 0 Å². The van der Waals surface area contributed by atoms with Gasteiger partial charge in [0.1, 0.15) is 0 Å². The van der Waals surface area contributed by atoms with Gasteiger partial charge < -0.3 is 0 Å². The minimum atomic E-state index is 0. The van der Waals surface area contributed by atoms with Crippen LogP contribution < -0.4 is 5.43 Å². The van der Waals surface area contributed by atoms with Gasteiger partial charge >= 0.3 is 0 Å². The molecule has 1 aliphatic rings. The van der Waals surface area contributed by atoms with E-state index in [-0.39, 0.29) is 32.7 Å². The van der Waals surface area contributed by atoms with Gasteiger partial charge in [-0.1, -0.05) is 6.92 Å². The Morgan fingerprint density at radius 2 is 2.10 bits per heavy atom. The second kappa shape index (κ2) is 3.73. The maximum Gasteiger partial charge on any atom is 0.158 e. The zero-order valence-corrected chi connectivity index (χ0v) is 9.94. The summed E-state index contributed by atoms with van der Waals surface area (Å²) in [5, 5.41) is 0. The molecule has 3 heteroatoms. The Morgan fingerprint density at radius 3 is 2.20 bits per heavy atom. The number of hydrazine groups is 1. The van der Waals surface area contributed by atoms with Crippen molar-refractivity contribution in [2.75, 3.05) is 7.05 Å². The number of hydrogen-bond donors (Lipinski definition) is 1. The maximum absolute atomic E-state index is 3.28. The van der Waals surface area contributed by atoms with Crippen molar-refractivity contribution in [3.8, 4) is 0 Å². The molecule has 55 valence electrons. The van der Waals surface area contributed by atoms with Crippen LogP contribution in [0.2, 0.25) is 0 Å². The van der Waals surface area contributed by atoms with Crippen LogP contribution in [0.1, 0.15) is 20.8 Å². The summed E-state index contributed by atoms with van der Waals surface area (Å²) in [6.07, 6.45) is 0. The molecule has 1 atom stereocenters. The fraction of sp³-hybridized carbons (Fsp3) is 0.714. The predicted molar refractivity (Wildman–Crippen MR) is 38.4 cm³/mol. The molecule has 0 spiro atoms. The molecular weight excluding hydrogens is 201 g/mol. The van der Waals surface area contributed by atoms with Crippen molar-refractivity contribution in [3.05, 3.63) is 5.92 Å². The summed E-state index contributed by atoms with van der Waals surface area (Å²) in [4.78, 5) is 0. The zero-order chi connectivity index (χ0) is 7.02. The second-order valence-corrected chi connectivity index (χ2v) is 2.68. The summed E-state index contributed by atoms with van der Waals surface area (Å²) < 4.78 is 2.07. The Kier molecular flexibility index (Phi) is 3.89. The van der Waals surface area contributed by atoms with Gasteiger partial charge in [-0.3, -0.25) is 5.92 Å². The van der Waals surface area contributed by atoms with Crippen molar-refractivity contribution in [1.29, 1.82) is 0 Å². The first-order valence-corrected chi connectivity index (χ1v) is 3.30. The Hall–Kier alpha value is 0.444. The van der Waals surface area contributed by atoms with Gasteiger partial charge in [0.2, 0.25) is 0 Å². The molecule has 0 fully saturated rings. The molecule has 1 radical (unpaired) electrons. The Bertz CT molecular complexity index is 154. The van der Waals surface area contributed by atoms with Crippen molar-refractivity contribution in [3.63, 3.8) is 0 Å². The first kappa shape index (κ1) is 10.4. The largest absolute Gasteiger partial charge is 0.261 e. The number of nitrogens with zero attached hydrogens (tertiary/aromatic N) is 1. The van der Waals surface area contributed by atoms with Crippen LogP contribution in [-0.2, 0) is 32.7 Å². The van der Waals surface area contributed by atoms with Gasteiger partial charge in [0.25, 0.3) is 0 Å². The molecule has 0 saturated heterocycles. The van der Waals surface area contributed by atoms with E-state index in [1.807, 2.05) is 7.05 Å². The van der Waals surface area contributed by atoms with Crippen LogP contribution in [0, 0.1) is 5.92 Å². The van der Waals surface area contributed by atoms with E-state index in [0.29, 0.717) is 6.04 Å². The van der Waals surface area contributed by atoms with Crippen molar-refractivity contribution < 1.29 is 37.4 Å². The normalized spacial score (nSPS) is 24.4. The standard InChI is InChI=1S/C7H14N2.Y/c1-5-6(2)8-9(4)7(5)3;/h6,8H,1-4H3;. The summed E-state index contributed by atoms with van der Waals surface area (Å²) in [5.74, 6) is 1.44. The van der Waals surface area contributed by atoms with E-state index in [4.69, 9.17) is 0 Å². The van der Waals surface area contributed by atoms with Crippen LogP contribution in [0.4, 0.5) is 0 Å². The monoisotopic (exact) mass is 215 g/mol. The Balaban J connectivity index is 0.000000810. The summed E-state index contributed by atoms with van der Waals surface area (Å²) >= 11 is 0. The van der Waals surface area contributed by atoms with E-state index in [9.17, 15) is 0 Å². The van der Waals surface area contributed by atoms with Gasteiger partial charge in [-0.15, -0.1) is 0 Å². The molecule has 0 aromatic rings. The summed E-state index contributed by atoms with van der Waals surface area (Å²) in [7, 11) is 2.04. The van der Waals surface area contributed by atoms with E-state index in [2.05, 4.69) is 30.9 Å². The number of hydrazone groups is 1. The molecule has 1 heterocycles. The predicted octanol–water partition coefficient (Wildman–Crippen LogP) is 0.588. The molecule has 0 saturated carbocycles. The third kappa shape index (κ3) is 1.73. The molecular formula is C7H14N2Y. The molecule has 0 aromatic heterocycles. The topological polar surface area (TPSA) is 15.0 Å². The maximum atomic E-state index is 3.28. The van der Waals surface area contributed by atoms with Crippen LogP contribution in [0.15, 0.2) is 0 Å². The molecule has 1 unspecified atom stereocenters. The molecule has 10 heavy (non-hydrogen) atoms. The molecule has 0 aliphatic carbocycles. The van der Waals surface area contributed by atoms with Crippen LogP contribution in [0.3, 0.4) is 0 Å². The molecule has 0 amide bonds.